The molecule has 0 heterocycles. The summed E-state index contributed by atoms with van der Waals surface area (Å²) in [6.07, 6.45) is 0.114. The van der Waals surface area contributed by atoms with Crippen molar-refractivity contribution in [2.24, 2.45) is 0 Å². The molecule has 0 aliphatic carbocycles. The van der Waals surface area contributed by atoms with Gasteiger partial charge in [0.05, 0.1) is 33.5 Å². The lowest BCUT2D eigenvalue weighted by Crippen LogP contribution is -2.46. The van der Waals surface area contributed by atoms with E-state index in [-0.39, 0.29) is 33.9 Å². The average molecular weight is 431 g/mol. The maximum atomic E-state index is 12.4. The van der Waals surface area contributed by atoms with E-state index in [1.54, 1.807) is 38.1 Å². The first-order valence-corrected chi connectivity index (χ1v) is 10.2. The van der Waals surface area contributed by atoms with Crippen molar-refractivity contribution in [1.82, 2.24) is 5.32 Å². The summed E-state index contributed by atoms with van der Waals surface area (Å²) < 4.78 is 27.3. The SMILES string of the molecule is CC(C)(CO)NC(=O)Cc1ccc(NS(=O)(=O)c2ccc(Cl)c(Cl)c2)cc1. The fourth-order valence-corrected chi connectivity index (χ4v) is 3.64. The van der Waals surface area contributed by atoms with E-state index in [0.29, 0.717) is 11.3 Å². The van der Waals surface area contributed by atoms with Crippen LogP contribution >= 0.6 is 23.2 Å². The molecule has 9 heteroatoms. The Morgan fingerprint density at radius 1 is 1.07 bits per heavy atom. The third kappa shape index (κ3) is 6.10. The Hall–Kier alpha value is -1.80. The second kappa shape index (κ2) is 8.48. The molecule has 1 amide bonds. The third-order valence-electron chi connectivity index (χ3n) is 3.65. The van der Waals surface area contributed by atoms with Crippen LogP contribution in [0.15, 0.2) is 47.4 Å². The summed E-state index contributed by atoms with van der Waals surface area (Å²) in [5, 5.41) is 12.3. The number of anilines is 1. The quantitative estimate of drug-likeness (QED) is 0.628. The van der Waals surface area contributed by atoms with Crippen LogP contribution in [0.1, 0.15) is 19.4 Å². The number of aliphatic hydroxyl groups is 1. The van der Waals surface area contributed by atoms with Crippen LogP contribution in [-0.2, 0) is 21.2 Å². The van der Waals surface area contributed by atoms with Crippen molar-refractivity contribution < 1.29 is 18.3 Å². The Balaban J connectivity index is 2.06. The zero-order chi connectivity index (χ0) is 20.2. The van der Waals surface area contributed by atoms with Crippen LogP contribution in [0.5, 0.6) is 0 Å². The van der Waals surface area contributed by atoms with Crippen molar-refractivity contribution in [3.63, 3.8) is 0 Å². The average Bonchev–Trinajstić information content (AvgIpc) is 2.58. The molecule has 0 radical (unpaired) electrons. The summed E-state index contributed by atoms with van der Waals surface area (Å²) in [4.78, 5) is 12.0. The van der Waals surface area contributed by atoms with Crippen LogP contribution in [0, 0.1) is 0 Å². The van der Waals surface area contributed by atoms with Gasteiger partial charge in [-0.15, -0.1) is 0 Å². The molecule has 0 aliphatic heterocycles. The highest BCUT2D eigenvalue weighted by atomic mass is 35.5. The number of hydrogen-bond acceptors (Lipinski definition) is 4. The molecule has 0 aliphatic rings. The molecule has 3 N–H and O–H groups in total. The number of aliphatic hydroxyl groups excluding tert-OH is 1. The predicted octanol–water partition coefficient (Wildman–Crippen LogP) is 3.22. The van der Waals surface area contributed by atoms with Gasteiger partial charge in [0.1, 0.15) is 0 Å². The molecule has 146 valence electrons. The van der Waals surface area contributed by atoms with Gasteiger partial charge in [0.15, 0.2) is 0 Å². The van der Waals surface area contributed by atoms with Crippen molar-refractivity contribution >= 4 is 44.8 Å². The molecule has 0 unspecified atom stereocenters. The number of carbonyl (C=O) groups is 1. The lowest BCUT2D eigenvalue weighted by atomic mass is 10.1. The first kappa shape index (κ1) is 21.5. The Morgan fingerprint density at radius 3 is 2.26 bits per heavy atom. The molecule has 2 aromatic rings. The molecule has 0 atom stereocenters. The normalized spacial score (nSPS) is 11.9. The molecular formula is C18H20Cl2N2O4S. The van der Waals surface area contributed by atoms with Gasteiger partial charge in [-0.3, -0.25) is 9.52 Å². The van der Waals surface area contributed by atoms with Gasteiger partial charge < -0.3 is 10.4 Å². The Labute approximate surface area is 168 Å². The maximum Gasteiger partial charge on any atom is 0.261 e. The Bertz CT molecular complexity index is 929. The smallest absolute Gasteiger partial charge is 0.261 e. The summed E-state index contributed by atoms with van der Waals surface area (Å²) in [6, 6.07) is 10.5. The zero-order valence-electron chi connectivity index (χ0n) is 14.8. The molecule has 0 saturated carbocycles. The molecule has 27 heavy (non-hydrogen) atoms. The topological polar surface area (TPSA) is 95.5 Å². The second-order valence-electron chi connectivity index (χ2n) is 6.65. The molecule has 2 aromatic carbocycles. The van der Waals surface area contributed by atoms with E-state index >= 15 is 0 Å². The minimum atomic E-state index is -3.82. The highest BCUT2D eigenvalue weighted by Crippen LogP contribution is 2.26. The van der Waals surface area contributed by atoms with Crippen molar-refractivity contribution in [2.45, 2.75) is 30.7 Å². The van der Waals surface area contributed by atoms with Gasteiger partial charge in [0.2, 0.25) is 5.91 Å². The monoisotopic (exact) mass is 430 g/mol. The van der Waals surface area contributed by atoms with Crippen molar-refractivity contribution in [1.29, 1.82) is 0 Å². The van der Waals surface area contributed by atoms with Gasteiger partial charge in [0.25, 0.3) is 10.0 Å². The van der Waals surface area contributed by atoms with Gasteiger partial charge in [-0.2, -0.15) is 0 Å². The Morgan fingerprint density at radius 2 is 1.70 bits per heavy atom. The standard InChI is InChI=1S/C18H20Cl2N2O4S/c1-18(2,11-23)21-17(24)9-12-3-5-13(6-4-12)22-27(25,26)14-7-8-15(19)16(20)10-14/h3-8,10,22-23H,9,11H2,1-2H3,(H,21,24). The lowest BCUT2D eigenvalue weighted by molar-refractivity contribution is -0.122. The van der Waals surface area contributed by atoms with E-state index in [4.69, 9.17) is 23.2 Å². The molecule has 2 rings (SSSR count). The highest BCUT2D eigenvalue weighted by Gasteiger charge is 2.19. The highest BCUT2D eigenvalue weighted by molar-refractivity contribution is 7.92. The zero-order valence-corrected chi connectivity index (χ0v) is 17.1. The lowest BCUT2D eigenvalue weighted by Gasteiger charge is -2.23. The summed E-state index contributed by atoms with van der Waals surface area (Å²) in [5.74, 6) is -0.238. The van der Waals surface area contributed by atoms with E-state index in [2.05, 4.69) is 10.0 Å². The second-order valence-corrected chi connectivity index (χ2v) is 9.14. The van der Waals surface area contributed by atoms with E-state index in [9.17, 15) is 18.3 Å². The Kier molecular flexibility index (Phi) is 6.75. The number of benzene rings is 2. The number of sulfonamides is 1. The fourth-order valence-electron chi connectivity index (χ4n) is 2.20. The molecule has 0 spiro atoms. The maximum absolute atomic E-state index is 12.4. The molecule has 0 saturated heterocycles. The van der Waals surface area contributed by atoms with E-state index in [1.165, 1.54) is 18.2 Å². The number of carbonyl (C=O) groups excluding carboxylic acids is 1. The number of rotatable bonds is 7. The fraction of sp³-hybridized carbons (Fsp3) is 0.278. The number of nitrogens with one attached hydrogen (secondary N) is 2. The minimum absolute atomic E-state index is 0.00779. The molecule has 0 fully saturated rings. The number of amides is 1. The first-order valence-electron chi connectivity index (χ1n) is 8.01. The van der Waals surface area contributed by atoms with Crippen LogP contribution in [0.2, 0.25) is 10.0 Å². The summed E-state index contributed by atoms with van der Waals surface area (Å²) in [6.45, 7) is 3.26. The molecule has 6 nitrogen and oxygen atoms in total. The van der Waals surface area contributed by atoms with Crippen LogP contribution in [-0.4, -0.2) is 31.6 Å². The first-order chi connectivity index (χ1) is 12.5. The largest absolute Gasteiger partial charge is 0.394 e. The van der Waals surface area contributed by atoms with E-state index in [1.807, 2.05) is 0 Å². The van der Waals surface area contributed by atoms with Crippen molar-refractivity contribution in [3.05, 3.63) is 58.1 Å². The van der Waals surface area contributed by atoms with Crippen molar-refractivity contribution in [2.75, 3.05) is 11.3 Å². The third-order valence-corrected chi connectivity index (χ3v) is 5.76. The molecule has 0 bridgehead atoms. The van der Waals surface area contributed by atoms with Gasteiger partial charge in [-0.25, -0.2) is 8.42 Å². The van der Waals surface area contributed by atoms with Gasteiger partial charge >= 0.3 is 0 Å². The van der Waals surface area contributed by atoms with Gasteiger partial charge in [-0.1, -0.05) is 35.3 Å². The summed E-state index contributed by atoms with van der Waals surface area (Å²) in [7, 11) is -3.82. The minimum Gasteiger partial charge on any atom is -0.394 e. The summed E-state index contributed by atoms with van der Waals surface area (Å²) >= 11 is 11.7. The van der Waals surface area contributed by atoms with Crippen LogP contribution in [0.25, 0.3) is 0 Å². The van der Waals surface area contributed by atoms with E-state index in [0.717, 1.165) is 0 Å². The predicted molar refractivity (Wildman–Crippen MR) is 107 cm³/mol. The van der Waals surface area contributed by atoms with E-state index < -0.39 is 15.6 Å². The number of halogens is 2. The molecule has 0 aromatic heterocycles. The van der Waals surface area contributed by atoms with Gasteiger partial charge in [0, 0.05) is 5.69 Å². The van der Waals surface area contributed by atoms with Crippen molar-refractivity contribution in [3.8, 4) is 0 Å². The molecular weight excluding hydrogens is 411 g/mol. The van der Waals surface area contributed by atoms with Crippen LogP contribution < -0.4 is 10.0 Å². The van der Waals surface area contributed by atoms with Crippen LogP contribution in [0.4, 0.5) is 5.69 Å². The number of hydrogen-bond donors (Lipinski definition) is 3. The summed E-state index contributed by atoms with van der Waals surface area (Å²) in [5.41, 5.74) is 0.353. The van der Waals surface area contributed by atoms with Crippen LogP contribution in [0.3, 0.4) is 0 Å². The van der Waals surface area contributed by atoms with Gasteiger partial charge in [-0.05, 0) is 49.7 Å².